The normalized spacial score (nSPS) is 13.2. The highest BCUT2D eigenvalue weighted by molar-refractivity contribution is 9.10. The summed E-state index contributed by atoms with van der Waals surface area (Å²) in [6.07, 6.45) is 0. The summed E-state index contributed by atoms with van der Waals surface area (Å²) < 4.78 is 25.7. The molecule has 0 aliphatic rings. The monoisotopic (exact) mass is 324 g/mol. The average molecular weight is 325 g/mol. The van der Waals surface area contributed by atoms with Crippen molar-refractivity contribution in [3.8, 4) is 0 Å². The Hall–Kier alpha value is -1.13. The zero-order chi connectivity index (χ0) is 13.2. The van der Waals surface area contributed by atoms with Gasteiger partial charge < -0.3 is 0 Å². The van der Waals surface area contributed by atoms with E-state index in [0.717, 1.165) is 10.0 Å². The molecule has 0 bridgehead atoms. The molecule has 0 saturated carbocycles. The second-order valence-electron chi connectivity index (χ2n) is 4.05. The number of halogens is 1. The molecule has 94 valence electrons. The van der Waals surface area contributed by atoms with Gasteiger partial charge >= 0.3 is 0 Å². The summed E-state index contributed by atoms with van der Waals surface area (Å²) in [5, 5.41) is -0.542. The standard InChI is InChI=1S/C14H13BrO2S/c1-11(12-5-3-2-4-6-12)18(16,17)14-9-7-13(15)8-10-14/h2-11H,1H3. The SMILES string of the molecule is CC(c1ccccc1)S(=O)(=O)c1ccc(Br)cc1. The quantitative estimate of drug-likeness (QED) is 0.855. The van der Waals surface area contributed by atoms with Crippen LogP contribution in [0.3, 0.4) is 0 Å². The van der Waals surface area contributed by atoms with Crippen LogP contribution in [0.25, 0.3) is 0 Å². The number of sulfone groups is 1. The lowest BCUT2D eigenvalue weighted by Crippen LogP contribution is -2.10. The number of rotatable bonds is 3. The van der Waals surface area contributed by atoms with Gasteiger partial charge in [-0.1, -0.05) is 46.3 Å². The summed E-state index contributed by atoms with van der Waals surface area (Å²) in [6, 6.07) is 16.0. The Morgan fingerprint density at radius 1 is 0.944 bits per heavy atom. The van der Waals surface area contributed by atoms with Crippen molar-refractivity contribution in [3.63, 3.8) is 0 Å². The highest BCUT2D eigenvalue weighted by atomic mass is 79.9. The van der Waals surface area contributed by atoms with Crippen LogP contribution >= 0.6 is 15.9 Å². The van der Waals surface area contributed by atoms with E-state index in [2.05, 4.69) is 15.9 Å². The van der Waals surface area contributed by atoms with Crippen LogP contribution in [0.1, 0.15) is 17.7 Å². The molecule has 2 aromatic rings. The highest BCUT2D eigenvalue weighted by Crippen LogP contribution is 2.28. The molecule has 0 radical (unpaired) electrons. The second kappa shape index (κ2) is 5.24. The smallest absolute Gasteiger partial charge is 0.185 e. The lowest BCUT2D eigenvalue weighted by molar-refractivity contribution is 0.586. The maximum Gasteiger partial charge on any atom is 0.185 e. The van der Waals surface area contributed by atoms with Crippen molar-refractivity contribution in [2.24, 2.45) is 0 Å². The first-order chi connectivity index (χ1) is 8.51. The Labute approximate surface area is 116 Å². The molecular weight excluding hydrogens is 312 g/mol. The second-order valence-corrected chi connectivity index (χ2v) is 7.24. The van der Waals surface area contributed by atoms with Crippen molar-refractivity contribution in [3.05, 3.63) is 64.6 Å². The molecule has 18 heavy (non-hydrogen) atoms. The third-order valence-corrected chi connectivity index (χ3v) is 5.54. The van der Waals surface area contributed by atoms with Gasteiger partial charge in [0, 0.05) is 4.47 Å². The van der Waals surface area contributed by atoms with Gasteiger partial charge in [-0.25, -0.2) is 8.42 Å². The summed E-state index contributed by atoms with van der Waals surface area (Å²) in [5.41, 5.74) is 0.806. The Morgan fingerprint density at radius 2 is 1.50 bits per heavy atom. The molecule has 0 saturated heterocycles. The molecule has 0 N–H and O–H groups in total. The van der Waals surface area contributed by atoms with Crippen LogP contribution in [-0.2, 0) is 9.84 Å². The van der Waals surface area contributed by atoms with Gasteiger partial charge in [-0.05, 0) is 36.8 Å². The molecule has 2 aromatic carbocycles. The third kappa shape index (κ3) is 2.65. The molecular formula is C14H13BrO2S. The zero-order valence-electron chi connectivity index (χ0n) is 9.88. The summed E-state index contributed by atoms with van der Waals surface area (Å²) in [7, 11) is -3.33. The van der Waals surface area contributed by atoms with E-state index in [1.807, 2.05) is 30.3 Å². The minimum Gasteiger partial charge on any atom is -0.223 e. The molecule has 4 heteroatoms. The molecule has 0 fully saturated rings. The van der Waals surface area contributed by atoms with E-state index in [-0.39, 0.29) is 0 Å². The molecule has 0 aromatic heterocycles. The Morgan fingerprint density at radius 3 is 2.06 bits per heavy atom. The summed E-state index contributed by atoms with van der Waals surface area (Å²) in [4.78, 5) is 0.349. The van der Waals surface area contributed by atoms with E-state index in [9.17, 15) is 8.42 Å². The zero-order valence-corrected chi connectivity index (χ0v) is 12.3. The predicted octanol–water partition coefficient (Wildman–Crippen LogP) is 3.98. The van der Waals surface area contributed by atoms with Crippen LogP contribution in [0.4, 0.5) is 0 Å². The van der Waals surface area contributed by atoms with E-state index in [0.29, 0.717) is 4.90 Å². The maximum absolute atomic E-state index is 12.4. The van der Waals surface area contributed by atoms with E-state index in [1.165, 1.54) is 0 Å². The molecule has 0 spiro atoms. The molecule has 0 aliphatic heterocycles. The van der Waals surface area contributed by atoms with E-state index >= 15 is 0 Å². The minimum absolute atomic E-state index is 0.349. The fourth-order valence-electron chi connectivity index (χ4n) is 1.73. The van der Waals surface area contributed by atoms with Gasteiger partial charge in [0.1, 0.15) is 0 Å². The number of hydrogen-bond donors (Lipinski definition) is 0. The maximum atomic E-state index is 12.4. The Balaban J connectivity index is 2.40. The van der Waals surface area contributed by atoms with Crippen molar-refractivity contribution in [2.45, 2.75) is 17.1 Å². The molecule has 1 unspecified atom stereocenters. The van der Waals surface area contributed by atoms with Crippen LogP contribution < -0.4 is 0 Å². The van der Waals surface area contributed by atoms with Crippen LogP contribution in [0.5, 0.6) is 0 Å². The van der Waals surface area contributed by atoms with Gasteiger partial charge in [0.15, 0.2) is 9.84 Å². The van der Waals surface area contributed by atoms with Crippen molar-refractivity contribution in [2.75, 3.05) is 0 Å². The van der Waals surface area contributed by atoms with Crippen LogP contribution in [0.2, 0.25) is 0 Å². The van der Waals surface area contributed by atoms with Gasteiger partial charge in [0.25, 0.3) is 0 Å². The number of benzene rings is 2. The Kier molecular flexibility index (Phi) is 3.88. The van der Waals surface area contributed by atoms with Crippen molar-refractivity contribution in [1.29, 1.82) is 0 Å². The van der Waals surface area contributed by atoms with Gasteiger partial charge in [-0.15, -0.1) is 0 Å². The molecule has 0 aliphatic carbocycles. The first-order valence-electron chi connectivity index (χ1n) is 5.56. The minimum atomic E-state index is -3.33. The lowest BCUT2D eigenvalue weighted by Gasteiger charge is -2.13. The first kappa shape index (κ1) is 13.3. The van der Waals surface area contributed by atoms with Crippen LogP contribution in [0.15, 0.2) is 64.0 Å². The van der Waals surface area contributed by atoms with Gasteiger partial charge in [0.2, 0.25) is 0 Å². The molecule has 2 rings (SSSR count). The van der Waals surface area contributed by atoms with Crippen molar-refractivity contribution >= 4 is 25.8 Å². The highest BCUT2D eigenvalue weighted by Gasteiger charge is 2.24. The summed E-state index contributed by atoms with van der Waals surface area (Å²) in [6.45, 7) is 1.71. The van der Waals surface area contributed by atoms with Crippen LogP contribution in [0, 0.1) is 0 Å². The largest absolute Gasteiger partial charge is 0.223 e. The average Bonchev–Trinajstić information content (AvgIpc) is 2.39. The summed E-state index contributed by atoms with van der Waals surface area (Å²) in [5.74, 6) is 0. The fraction of sp³-hybridized carbons (Fsp3) is 0.143. The Bertz CT molecular complexity index is 619. The first-order valence-corrected chi connectivity index (χ1v) is 7.90. The molecule has 1 atom stereocenters. The predicted molar refractivity (Wildman–Crippen MR) is 76.2 cm³/mol. The van der Waals surface area contributed by atoms with E-state index in [1.54, 1.807) is 31.2 Å². The lowest BCUT2D eigenvalue weighted by atomic mass is 10.2. The molecule has 2 nitrogen and oxygen atoms in total. The van der Waals surface area contributed by atoms with E-state index < -0.39 is 15.1 Å². The van der Waals surface area contributed by atoms with Gasteiger partial charge in [-0.3, -0.25) is 0 Å². The summed E-state index contributed by atoms with van der Waals surface area (Å²) >= 11 is 3.30. The van der Waals surface area contributed by atoms with Crippen LogP contribution in [-0.4, -0.2) is 8.42 Å². The van der Waals surface area contributed by atoms with Crippen molar-refractivity contribution in [1.82, 2.24) is 0 Å². The van der Waals surface area contributed by atoms with Gasteiger partial charge in [0.05, 0.1) is 10.1 Å². The van der Waals surface area contributed by atoms with E-state index in [4.69, 9.17) is 0 Å². The van der Waals surface area contributed by atoms with Gasteiger partial charge in [-0.2, -0.15) is 0 Å². The number of hydrogen-bond acceptors (Lipinski definition) is 2. The van der Waals surface area contributed by atoms with Crippen molar-refractivity contribution < 1.29 is 8.42 Å². The topological polar surface area (TPSA) is 34.1 Å². The molecule has 0 amide bonds. The fourth-order valence-corrected chi connectivity index (χ4v) is 3.44. The third-order valence-electron chi connectivity index (χ3n) is 2.88. The molecule has 0 heterocycles.